The Bertz CT molecular complexity index is 613. The molecule has 0 saturated carbocycles. The van der Waals surface area contributed by atoms with Gasteiger partial charge in [-0.05, 0) is 18.2 Å². The molecule has 1 aliphatic rings. The molecule has 110 valence electrons. The van der Waals surface area contributed by atoms with E-state index in [4.69, 9.17) is 31.8 Å². The topological polar surface area (TPSA) is 81.7 Å². The zero-order valence-electron chi connectivity index (χ0n) is 10.1. The molecule has 1 unspecified atom stereocenters. The number of carbonyl (C=O) groups excluding carboxylic acids is 1. The molecule has 1 atom stereocenters. The molecule has 20 heavy (non-hydrogen) atoms. The Morgan fingerprint density at radius 3 is 2.65 bits per heavy atom. The maximum absolute atomic E-state index is 11.9. The van der Waals surface area contributed by atoms with Crippen molar-refractivity contribution in [2.75, 3.05) is 25.1 Å². The highest BCUT2D eigenvalue weighted by atomic mass is 35.7. The molecule has 6 nitrogen and oxygen atoms in total. The molecule has 0 radical (unpaired) electrons. The van der Waals surface area contributed by atoms with Crippen LogP contribution in [0.5, 0.6) is 0 Å². The fourth-order valence-corrected chi connectivity index (χ4v) is 2.67. The molecule has 9 heteroatoms. The Morgan fingerprint density at radius 2 is 2.10 bits per heavy atom. The summed E-state index contributed by atoms with van der Waals surface area (Å²) in [5.41, 5.74) is 0.273. The lowest BCUT2D eigenvalue weighted by Crippen LogP contribution is -2.39. The molecule has 1 aromatic rings. The van der Waals surface area contributed by atoms with E-state index in [1.54, 1.807) is 0 Å². The Hall–Kier alpha value is -0.860. The van der Waals surface area contributed by atoms with Crippen molar-refractivity contribution in [1.82, 2.24) is 0 Å². The van der Waals surface area contributed by atoms with E-state index in [2.05, 4.69) is 5.32 Å². The summed E-state index contributed by atoms with van der Waals surface area (Å²) in [6.07, 6.45) is -0.712. The summed E-state index contributed by atoms with van der Waals surface area (Å²) < 4.78 is 32.6. The number of carbonyl (C=O) groups is 1. The zero-order chi connectivity index (χ0) is 14.8. The summed E-state index contributed by atoms with van der Waals surface area (Å²) in [5, 5.41) is 2.61. The molecule has 1 amide bonds. The average molecular weight is 340 g/mol. The van der Waals surface area contributed by atoms with Crippen LogP contribution in [0.4, 0.5) is 5.69 Å². The van der Waals surface area contributed by atoms with Gasteiger partial charge in [-0.1, -0.05) is 11.6 Å². The lowest BCUT2D eigenvalue weighted by atomic mass is 10.2. The number of nitrogens with one attached hydrogen (secondary N) is 1. The van der Waals surface area contributed by atoms with Crippen molar-refractivity contribution in [2.45, 2.75) is 11.0 Å². The third kappa shape index (κ3) is 3.83. The van der Waals surface area contributed by atoms with Gasteiger partial charge in [-0.3, -0.25) is 4.79 Å². The van der Waals surface area contributed by atoms with Crippen LogP contribution in [-0.2, 0) is 23.3 Å². The SMILES string of the molecule is O=C(Nc1ccc(S(=O)(=O)Cl)cc1Cl)C1COCCO1. The summed E-state index contributed by atoms with van der Waals surface area (Å²) in [6.45, 7) is 0.958. The standard InChI is InChI=1S/C11H11Cl2NO5S/c12-8-5-7(20(13,16)17)1-2-9(8)14-11(15)10-6-18-3-4-19-10/h1-2,5,10H,3-4,6H2,(H,14,15). The molecular formula is C11H11Cl2NO5S. The molecule has 1 saturated heterocycles. The minimum absolute atomic E-state index is 0.0665. The smallest absolute Gasteiger partial charge is 0.261 e. The van der Waals surface area contributed by atoms with Gasteiger partial charge >= 0.3 is 0 Å². The fourth-order valence-electron chi connectivity index (χ4n) is 1.60. The van der Waals surface area contributed by atoms with E-state index in [-0.39, 0.29) is 22.2 Å². The predicted molar refractivity (Wildman–Crippen MR) is 73.7 cm³/mol. The van der Waals surface area contributed by atoms with E-state index in [0.717, 1.165) is 6.07 Å². The second-order valence-electron chi connectivity index (χ2n) is 4.00. The summed E-state index contributed by atoms with van der Waals surface area (Å²) in [4.78, 5) is 11.7. The Balaban J connectivity index is 2.11. The number of anilines is 1. The summed E-state index contributed by atoms with van der Waals surface area (Å²) in [5.74, 6) is -0.409. The number of ether oxygens (including phenoxy) is 2. The Kier molecular flexibility index (Phi) is 4.87. The number of amides is 1. The van der Waals surface area contributed by atoms with Crippen molar-refractivity contribution in [3.05, 3.63) is 23.2 Å². The van der Waals surface area contributed by atoms with Crippen molar-refractivity contribution in [3.63, 3.8) is 0 Å². The minimum atomic E-state index is -3.86. The monoisotopic (exact) mass is 339 g/mol. The summed E-state index contributed by atoms with van der Waals surface area (Å²) in [7, 11) is 1.34. The molecule has 0 spiro atoms. The van der Waals surface area contributed by atoms with E-state index in [1.807, 2.05) is 0 Å². The first-order valence-corrected chi connectivity index (χ1v) is 8.31. The largest absolute Gasteiger partial charge is 0.376 e. The third-order valence-electron chi connectivity index (χ3n) is 2.59. The highest BCUT2D eigenvalue weighted by Crippen LogP contribution is 2.27. The van der Waals surface area contributed by atoms with Gasteiger partial charge in [0.25, 0.3) is 15.0 Å². The molecular weight excluding hydrogens is 329 g/mol. The van der Waals surface area contributed by atoms with Gasteiger partial charge in [0.1, 0.15) is 0 Å². The van der Waals surface area contributed by atoms with Gasteiger partial charge in [0.15, 0.2) is 6.10 Å². The molecule has 1 aromatic carbocycles. The summed E-state index contributed by atoms with van der Waals surface area (Å²) >= 11 is 5.91. The first-order chi connectivity index (χ1) is 9.38. The zero-order valence-corrected chi connectivity index (χ0v) is 12.5. The van der Waals surface area contributed by atoms with Crippen LogP contribution in [0.1, 0.15) is 0 Å². The van der Waals surface area contributed by atoms with E-state index in [1.165, 1.54) is 12.1 Å². The van der Waals surface area contributed by atoms with Crippen molar-refractivity contribution in [2.24, 2.45) is 0 Å². The Labute approximate surface area is 125 Å². The fraction of sp³-hybridized carbons (Fsp3) is 0.364. The van der Waals surface area contributed by atoms with Crippen LogP contribution in [0.3, 0.4) is 0 Å². The average Bonchev–Trinajstić information content (AvgIpc) is 2.41. The second-order valence-corrected chi connectivity index (χ2v) is 6.98. The number of hydrogen-bond acceptors (Lipinski definition) is 5. The molecule has 0 bridgehead atoms. The lowest BCUT2D eigenvalue weighted by molar-refractivity contribution is -0.142. The Morgan fingerprint density at radius 1 is 1.35 bits per heavy atom. The van der Waals surface area contributed by atoms with Crippen LogP contribution in [-0.4, -0.2) is 40.2 Å². The van der Waals surface area contributed by atoms with E-state index >= 15 is 0 Å². The lowest BCUT2D eigenvalue weighted by Gasteiger charge is -2.22. The van der Waals surface area contributed by atoms with Crippen molar-refractivity contribution in [1.29, 1.82) is 0 Å². The molecule has 0 aliphatic carbocycles. The van der Waals surface area contributed by atoms with Gasteiger partial charge in [-0.2, -0.15) is 0 Å². The van der Waals surface area contributed by atoms with Crippen LogP contribution in [0, 0.1) is 0 Å². The van der Waals surface area contributed by atoms with Crippen LogP contribution in [0.25, 0.3) is 0 Å². The van der Waals surface area contributed by atoms with Crippen molar-refractivity contribution in [3.8, 4) is 0 Å². The number of hydrogen-bond donors (Lipinski definition) is 1. The molecule has 1 fully saturated rings. The quantitative estimate of drug-likeness (QED) is 0.846. The van der Waals surface area contributed by atoms with Gasteiger partial charge in [-0.25, -0.2) is 8.42 Å². The number of benzene rings is 1. The highest BCUT2D eigenvalue weighted by Gasteiger charge is 2.23. The van der Waals surface area contributed by atoms with Gasteiger partial charge < -0.3 is 14.8 Å². The number of rotatable bonds is 3. The predicted octanol–water partition coefficient (Wildman–Crippen LogP) is 1.62. The molecule has 2 rings (SSSR count). The molecule has 1 N–H and O–H groups in total. The van der Waals surface area contributed by atoms with E-state index in [9.17, 15) is 13.2 Å². The second kappa shape index (κ2) is 6.28. The molecule has 1 aliphatic heterocycles. The number of halogens is 2. The third-order valence-corrected chi connectivity index (χ3v) is 4.25. The first-order valence-electron chi connectivity index (χ1n) is 5.62. The highest BCUT2D eigenvalue weighted by molar-refractivity contribution is 8.13. The molecule has 1 heterocycles. The maximum atomic E-state index is 11.9. The van der Waals surface area contributed by atoms with Gasteiger partial charge in [0.2, 0.25) is 0 Å². The molecule has 0 aromatic heterocycles. The van der Waals surface area contributed by atoms with Gasteiger partial charge in [0, 0.05) is 10.7 Å². The van der Waals surface area contributed by atoms with Crippen LogP contribution >= 0.6 is 22.3 Å². The minimum Gasteiger partial charge on any atom is -0.376 e. The van der Waals surface area contributed by atoms with Crippen LogP contribution in [0.15, 0.2) is 23.1 Å². The van der Waals surface area contributed by atoms with Crippen molar-refractivity contribution >= 4 is 42.9 Å². The first kappa shape index (κ1) is 15.5. The normalized spacial score (nSPS) is 19.6. The van der Waals surface area contributed by atoms with E-state index < -0.39 is 21.1 Å². The van der Waals surface area contributed by atoms with E-state index in [0.29, 0.717) is 13.2 Å². The van der Waals surface area contributed by atoms with Gasteiger partial charge in [-0.15, -0.1) is 0 Å². The van der Waals surface area contributed by atoms with Crippen molar-refractivity contribution < 1.29 is 22.7 Å². The van der Waals surface area contributed by atoms with Crippen LogP contribution < -0.4 is 5.32 Å². The van der Waals surface area contributed by atoms with Crippen LogP contribution in [0.2, 0.25) is 5.02 Å². The summed E-state index contributed by atoms with van der Waals surface area (Å²) in [6, 6.07) is 3.78. The maximum Gasteiger partial charge on any atom is 0.261 e. The van der Waals surface area contributed by atoms with Gasteiger partial charge in [0.05, 0.1) is 35.4 Å².